The smallest absolute Gasteiger partial charge is 0.248 e. The van der Waals surface area contributed by atoms with E-state index < -0.39 is 0 Å². The molecule has 106 valence electrons. The van der Waals surface area contributed by atoms with E-state index in [4.69, 9.17) is 11.6 Å². The Morgan fingerprint density at radius 2 is 2.05 bits per heavy atom. The lowest BCUT2D eigenvalue weighted by atomic mass is 10.2. The maximum absolute atomic E-state index is 11.9. The van der Waals surface area contributed by atoms with Gasteiger partial charge in [0.15, 0.2) is 0 Å². The van der Waals surface area contributed by atoms with Crippen molar-refractivity contribution in [2.75, 3.05) is 23.3 Å². The van der Waals surface area contributed by atoms with E-state index in [-0.39, 0.29) is 5.91 Å². The minimum absolute atomic E-state index is 0.147. The Kier molecular flexibility index (Phi) is 5.24. The number of allylic oxidation sites excluding steroid dienone is 3. The van der Waals surface area contributed by atoms with Gasteiger partial charge in [0.25, 0.3) is 0 Å². The fourth-order valence-electron chi connectivity index (χ4n) is 2.27. The number of rotatable bonds is 4. The monoisotopic (exact) mass is 290 g/mol. The number of benzene rings is 1. The number of carbonyl (C=O) groups is 1. The summed E-state index contributed by atoms with van der Waals surface area (Å²) in [6.45, 7) is 3.96. The van der Waals surface area contributed by atoms with E-state index in [1.165, 1.54) is 18.9 Å². The Bertz CT molecular complexity index is 531. The average Bonchev–Trinajstić information content (AvgIpc) is 2.93. The molecule has 0 aromatic heterocycles. The third kappa shape index (κ3) is 3.87. The average molecular weight is 291 g/mol. The zero-order valence-corrected chi connectivity index (χ0v) is 12.4. The lowest BCUT2D eigenvalue weighted by molar-refractivity contribution is -0.111. The molecule has 0 radical (unpaired) electrons. The second-order valence-electron chi connectivity index (χ2n) is 4.73. The molecule has 2 rings (SSSR count). The Morgan fingerprint density at radius 3 is 2.75 bits per heavy atom. The van der Waals surface area contributed by atoms with Crippen molar-refractivity contribution in [2.45, 2.75) is 19.8 Å². The van der Waals surface area contributed by atoms with Crippen molar-refractivity contribution in [3.05, 3.63) is 47.5 Å². The van der Waals surface area contributed by atoms with Crippen LogP contribution in [0.1, 0.15) is 19.8 Å². The lowest BCUT2D eigenvalue weighted by Gasteiger charge is -2.21. The molecule has 1 heterocycles. The third-order valence-electron chi connectivity index (χ3n) is 3.21. The largest absolute Gasteiger partial charge is 0.370 e. The summed E-state index contributed by atoms with van der Waals surface area (Å²) < 4.78 is 0. The lowest BCUT2D eigenvalue weighted by Crippen LogP contribution is -2.20. The Hall–Kier alpha value is -1.74. The number of halogens is 1. The Morgan fingerprint density at radius 1 is 1.30 bits per heavy atom. The van der Waals surface area contributed by atoms with Crippen LogP contribution in [0.4, 0.5) is 11.4 Å². The van der Waals surface area contributed by atoms with Gasteiger partial charge in [-0.1, -0.05) is 29.8 Å². The second-order valence-corrected chi connectivity index (χ2v) is 5.17. The van der Waals surface area contributed by atoms with Gasteiger partial charge in [-0.3, -0.25) is 4.79 Å². The first-order valence-electron chi connectivity index (χ1n) is 6.85. The number of nitrogens with zero attached hydrogens (tertiary/aromatic N) is 1. The molecule has 0 saturated carbocycles. The molecule has 1 amide bonds. The van der Waals surface area contributed by atoms with Crippen molar-refractivity contribution in [1.29, 1.82) is 0 Å². The molecular formula is C16H19ClN2O. The summed E-state index contributed by atoms with van der Waals surface area (Å²) in [7, 11) is 0. The van der Waals surface area contributed by atoms with Crippen molar-refractivity contribution in [1.82, 2.24) is 0 Å². The number of nitrogens with one attached hydrogen (secondary N) is 1. The molecule has 1 fully saturated rings. The maximum atomic E-state index is 11.9. The standard InChI is InChI=1S/C16H19ClN2O/c1-2-3-4-7-16(20)18-14-12-13(17)8-9-15(14)19-10-5-6-11-19/h2-4,7-9,12H,5-6,10-11H2,1H3,(H,18,20)/b3-2+,7-4+. The fraction of sp³-hybridized carbons (Fsp3) is 0.312. The number of anilines is 2. The molecule has 20 heavy (non-hydrogen) atoms. The first kappa shape index (κ1) is 14.7. The quantitative estimate of drug-likeness (QED) is 0.671. The van der Waals surface area contributed by atoms with E-state index in [1.807, 2.05) is 31.2 Å². The number of carbonyl (C=O) groups excluding carboxylic acids is 1. The van der Waals surface area contributed by atoms with Crippen LogP contribution in [0.25, 0.3) is 0 Å². The zero-order valence-electron chi connectivity index (χ0n) is 11.6. The van der Waals surface area contributed by atoms with E-state index in [1.54, 1.807) is 12.1 Å². The molecule has 0 unspecified atom stereocenters. The molecule has 4 heteroatoms. The molecule has 1 N–H and O–H groups in total. The van der Waals surface area contributed by atoms with Gasteiger partial charge in [0.1, 0.15) is 0 Å². The summed E-state index contributed by atoms with van der Waals surface area (Å²) >= 11 is 6.03. The van der Waals surface area contributed by atoms with Gasteiger partial charge in [0.05, 0.1) is 11.4 Å². The predicted octanol–water partition coefficient (Wildman–Crippen LogP) is 4.01. The molecule has 1 aromatic rings. The topological polar surface area (TPSA) is 32.3 Å². The summed E-state index contributed by atoms with van der Waals surface area (Å²) in [4.78, 5) is 14.2. The SMILES string of the molecule is C/C=C/C=C/C(=O)Nc1cc(Cl)ccc1N1CCCC1. The van der Waals surface area contributed by atoms with Crippen molar-refractivity contribution >= 4 is 28.9 Å². The van der Waals surface area contributed by atoms with Crippen molar-refractivity contribution in [2.24, 2.45) is 0 Å². The molecule has 1 saturated heterocycles. The van der Waals surface area contributed by atoms with Crippen LogP contribution in [0.15, 0.2) is 42.5 Å². The van der Waals surface area contributed by atoms with Crippen LogP contribution in [-0.2, 0) is 4.79 Å². The normalized spacial score (nSPS) is 15.4. The molecule has 0 bridgehead atoms. The number of amides is 1. The van der Waals surface area contributed by atoms with Crippen molar-refractivity contribution in [3.63, 3.8) is 0 Å². The molecule has 0 spiro atoms. The highest BCUT2D eigenvalue weighted by Crippen LogP contribution is 2.31. The minimum Gasteiger partial charge on any atom is -0.370 e. The van der Waals surface area contributed by atoms with Crippen LogP contribution in [0, 0.1) is 0 Å². The molecule has 0 aliphatic carbocycles. The molecule has 1 aliphatic rings. The van der Waals surface area contributed by atoms with Gasteiger partial charge in [-0.05, 0) is 38.0 Å². The predicted molar refractivity (Wildman–Crippen MR) is 85.5 cm³/mol. The Labute approximate surface area is 124 Å². The number of hydrogen-bond acceptors (Lipinski definition) is 2. The molecule has 1 aromatic carbocycles. The number of hydrogen-bond donors (Lipinski definition) is 1. The van der Waals surface area contributed by atoms with Crippen LogP contribution in [0.3, 0.4) is 0 Å². The van der Waals surface area contributed by atoms with Gasteiger partial charge < -0.3 is 10.2 Å². The van der Waals surface area contributed by atoms with Crippen LogP contribution in [-0.4, -0.2) is 19.0 Å². The van der Waals surface area contributed by atoms with Gasteiger partial charge in [0, 0.05) is 24.2 Å². The molecule has 1 aliphatic heterocycles. The summed E-state index contributed by atoms with van der Waals surface area (Å²) in [6.07, 6.45) is 9.30. The summed E-state index contributed by atoms with van der Waals surface area (Å²) in [5.74, 6) is -0.147. The first-order valence-corrected chi connectivity index (χ1v) is 7.23. The van der Waals surface area contributed by atoms with Gasteiger partial charge >= 0.3 is 0 Å². The van der Waals surface area contributed by atoms with Gasteiger partial charge in [-0.25, -0.2) is 0 Å². The van der Waals surface area contributed by atoms with E-state index in [9.17, 15) is 4.79 Å². The van der Waals surface area contributed by atoms with Crippen LogP contribution in [0.5, 0.6) is 0 Å². The summed E-state index contributed by atoms with van der Waals surface area (Å²) in [5.41, 5.74) is 1.81. The molecule has 3 nitrogen and oxygen atoms in total. The van der Waals surface area contributed by atoms with Gasteiger partial charge in [0.2, 0.25) is 5.91 Å². The first-order chi connectivity index (χ1) is 9.70. The van der Waals surface area contributed by atoms with E-state index in [2.05, 4.69) is 10.2 Å². The van der Waals surface area contributed by atoms with Crippen LogP contribution in [0.2, 0.25) is 5.02 Å². The van der Waals surface area contributed by atoms with Crippen molar-refractivity contribution < 1.29 is 4.79 Å². The van der Waals surface area contributed by atoms with Crippen molar-refractivity contribution in [3.8, 4) is 0 Å². The summed E-state index contributed by atoms with van der Waals surface area (Å²) in [6, 6.07) is 5.63. The van der Waals surface area contributed by atoms with Crippen LogP contribution >= 0.6 is 11.6 Å². The maximum Gasteiger partial charge on any atom is 0.248 e. The van der Waals surface area contributed by atoms with E-state index in [0.29, 0.717) is 5.02 Å². The van der Waals surface area contributed by atoms with Crippen LogP contribution < -0.4 is 10.2 Å². The fourth-order valence-corrected chi connectivity index (χ4v) is 2.44. The second kappa shape index (κ2) is 7.15. The summed E-state index contributed by atoms with van der Waals surface area (Å²) in [5, 5.41) is 3.53. The highest BCUT2D eigenvalue weighted by molar-refractivity contribution is 6.31. The highest BCUT2D eigenvalue weighted by Gasteiger charge is 2.16. The van der Waals surface area contributed by atoms with Gasteiger partial charge in [-0.15, -0.1) is 0 Å². The molecular weight excluding hydrogens is 272 g/mol. The highest BCUT2D eigenvalue weighted by atomic mass is 35.5. The van der Waals surface area contributed by atoms with E-state index >= 15 is 0 Å². The van der Waals surface area contributed by atoms with E-state index in [0.717, 1.165) is 24.5 Å². The Balaban J connectivity index is 2.16. The third-order valence-corrected chi connectivity index (χ3v) is 3.45. The molecule has 0 atom stereocenters. The minimum atomic E-state index is -0.147. The zero-order chi connectivity index (χ0) is 14.4. The van der Waals surface area contributed by atoms with Gasteiger partial charge in [-0.2, -0.15) is 0 Å².